The second-order valence-corrected chi connectivity index (χ2v) is 10.8. The molecule has 0 unspecified atom stereocenters. The first-order valence-electron chi connectivity index (χ1n) is 11.5. The maximum Gasteiger partial charge on any atom is 0.453 e. The number of hydrogen-bond donors (Lipinski definition) is 2. The van der Waals surface area contributed by atoms with E-state index in [1.807, 2.05) is 6.07 Å². The SMILES string of the molecule is Cc1cc(I)cc(C(=O)NC2CC2)c1NC(=O)c1cc(Cn2nnnc2C(F)(F)F)nn1-c1ncccc1Br. The molecule has 2 N–H and O–H groups in total. The fourth-order valence-corrected chi connectivity index (χ4v) is 4.99. The van der Waals surface area contributed by atoms with Gasteiger partial charge in [-0.25, -0.2) is 14.3 Å². The summed E-state index contributed by atoms with van der Waals surface area (Å²) in [6.07, 6.45) is -1.50. The summed E-state index contributed by atoms with van der Waals surface area (Å²) in [7, 11) is 0. The zero-order valence-electron chi connectivity index (χ0n) is 20.0. The number of carbonyl (C=O) groups is 2. The van der Waals surface area contributed by atoms with E-state index in [-0.39, 0.29) is 29.2 Å². The summed E-state index contributed by atoms with van der Waals surface area (Å²) in [5, 5.41) is 19.7. The second-order valence-electron chi connectivity index (χ2n) is 8.75. The molecule has 1 aliphatic rings. The average molecular weight is 716 g/mol. The Balaban J connectivity index is 1.53. The molecule has 3 heterocycles. The maximum atomic E-state index is 13.6. The first-order valence-corrected chi connectivity index (χ1v) is 13.3. The molecule has 39 heavy (non-hydrogen) atoms. The molecule has 1 aliphatic carbocycles. The van der Waals surface area contributed by atoms with E-state index in [1.165, 1.54) is 16.9 Å². The number of benzene rings is 1. The summed E-state index contributed by atoms with van der Waals surface area (Å²) in [6, 6.07) is 8.27. The van der Waals surface area contributed by atoms with Crippen LogP contribution >= 0.6 is 38.5 Å². The summed E-state index contributed by atoms with van der Waals surface area (Å²) >= 11 is 5.47. The minimum absolute atomic E-state index is 0.0301. The summed E-state index contributed by atoms with van der Waals surface area (Å²) < 4.78 is 43.0. The van der Waals surface area contributed by atoms with Crippen molar-refractivity contribution in [3.63, 3.8) is 0 Å². The standard InChI is InChI=1S/C23H18BrF3IN9O2/c1-11-7-12(28)8-15(20(38)30-13-4-5-13)18(11)31-21(39)17-9-14(10-36-22(23(25,26)27)32-34-35-36)33-37(17)19-16(24)3-2-6-29-19/h2-3,6-9,13H,4-5,10H2,1H3,(H,30,38)(H,31,39). The van der Waals surface area contributed by atoms with Gasteiger partial charge in [-0.05, 0) is 105 Å². The molecule has 16 heteroatoms. The molecular formula is C23H18BrF3IN9O2. The third-order valence-corrected chi connectivity index (χ3v) is 6.97. The molecule has 1 aromatic carbocycles. The van der Waals surface area contributed by atoms with Crippen LogP contribution in [0.1, 0.15) is 50.8 Å². The van der Waals surface area contributed by atoms with Crippen LogP contribution in [0.3, 0.4) is 0 Å². The second kappa shape index (κ2) is 10.6. The number of aryl methyl sites for hydroxylation is 1. The number of halogens is 5. The zero-order valence-corrected chi connectivity index (χ0v) is 23.7. The summed E-state index contributed by atoms with van der Waals surface area (Å²) in [6.45, 7) is 1.30. The van der Waals surface area contributed by atoms with E-state index in [9.17, 15) is 22.8 Å². The lowest BCUT2D eigenvalue weighted by molar-refractivity contribution is -0.147. The summed E-state index contributed by atoms with van der Waals surface area (Å²) in [4.78, 5) is 30.8. The van der Waals surface area contributed by atoms with Crippen molar-refractivity contribution >= 4 is 56.0 Å². The quantitative estimate of drug-likeness (QED) is 0.275. The van der Waals surface area contributed by atoms with Gasteiger partial charge in [-0.2, -0.15) is 18.3 Å². The largest absolute Gasteiger partial charge is 0.453 e. The molecule has 0 spiro atoms. The van der Waals surface area contributed by atoms with Crippen LogP contribution in [-0.2, 0) is 12.7 Å². The van der Waals surface area contributed by atoms with Crippen molar-refractivity contribution in [1.29, 1.82) is 0 Å². The highest BCUT2D eigenvalue weighted by Gasteiger charge is 2.38. The topological polar surface area (TPSA) is 133 Å². The molecule has 0 saturated heterocycles. The van der Waals surface area contributed by atoms with Crippen LogP contribution in [0.5, 0.6) is 0 Å². The summed E-state index contributed by atoms with van der Waals surface area (Å²) in [5.74, 6) is -2.03. The predicted molar refractivity (Wildman–Crippen MR) is 143 cm³/mol. The molecule has 0 radical (unpaired) electrons. The Morgan fingerprint density at radius 1 is 1.21 bits per heavy atom. The van der Waals surface area contributed by atoms with E-state index in [2.05, 4.69) is 74.8 Å². The van der Waals surface area contributed by atoms with Gasteiger partial charge in [0.15, 0.2) is 5.82 Å². The van der Waals surface area contributed by atoms with Gasteiger partial charge >= 0.3 is 6.18 Å². The maximum absolute atomic E-state index is 13.6. The third-order valence-electron chi connectivity index (χ3n) is 5.73. The highest BCUT2D eigenvalue weighted by Crippen LogP contribution is 2.29. The Bertz CT molecular complexity index is 1580. The smallest absolute Gasteiger partial charge is 0.349 e. The number of hydrogen-bond acceptors (Lipinski definition) is 7. The number of alkyl halides is 3. The normalized spacial score (nSPS) is 13.4. The molecule has 4 aromatic rings. The Morgan fingerprint density at radius 3 is 2.67 bits per heavy atom. The lowest BCUT2D eigenvalue weighted by Crippen LogP contribution is -2.28. The van der Waals surface area contributed by atoms with Gasteiger partial charge < -0.3 is 10.6 Å². The molecule has 5 rings (SSSR count). The molecule has 3 aromatic heterocycles. The number of amides is 2. The average Bonchev–Trinajstić information content (AvgIpc) is 3.37. The number of aromatic nitrogens is 7. The van der Waals surface area contributed by atoms with Gasteiger partial charge in [0.1, 0.15) is 5.69 Å². The van der Waals surface area contributed by atoms with E-state index >= 15 is 0 Å². The Labute approximate surface area is 240 Å². The number of nitrogens with one attached hydrogen (secondary N) is 2. The van der Waals surface area contributed by atoms with Gasteiger partial charge in [-0.3, -0.25) is 9.59 Å². The molecular weight excluding hydrogens is 698 g/mol. The number of nitrogens with zero attached hydrogens (tertiary/aromatic N) is 7. The van der Waals surface area contributed by atoms with Crippen LogP contribution in [0, 0.1) is 10.5 Å². The minimum atomic E-state index is -4.78. The lowest BCUT2D eigenvalue weighted by Gasteiger charge is -2.15. The number of rotatable bonds is 7. The van der Waals surface area contributed by atoms with Crippen molar-refractivity contribution in [3.05, 3.63) is 72.9 Å². The highest BCUT2D eigenvalue weighted by atomic mass is 127. The van der Waals surface area contributed by atoms with E-state index in [1.54, 1.807) is 25.1 Å². The fourth-order valence-electron chi connectivity index (χ4n) is 3.79. The van der Waals surface area contributed by atoms with Crippen molar-refractivity contribution in [2.75, 3.05) is 5.32 Å². The Morgan fingerprint density at radius 2 is 1.97 bits per heavy atom. The first kappa shape index (κ1) is 27.2. The molecule has 202 valence electrons. The lowest BCUT2D eigenvalue weighted by atomic mass is 10.1. The van der Waals surface area contributed by atoms with Gasteiger partial charge in [0.05, 0.1) is 28.0 Å². The van der Waals surface area contributed by atoms with Crippen molar-refractivity contribution in [1.82, 2.24) is 40.3 Å². The fraction of sp³-hybridized carbons (Fsp3) is 0.261. The predicted octanol–water partition coefficient (Wildman–Crippen LogP) is 4.14. The summed E-state index contributed by atoms with van der Waals surface area (Å²) in [5.41, 5.74) is 1.31. The van der Waals surface area contributed by atoms with Crippen molar-refractivity contribution in [2.45, 2.75) is 38.5 Å². The van der Waals surface area contributed by atoms with Crippen molar-refractivity contribution in [3.8, 4) is 5.82 Å². The minimum Gasteiger partial charge on any atom is -0.349 e. The molecule has 11 nitrogen and oxygen atoms in total. The van der Waals surface area contributed by atoms with Crippen LogP contribution < -0.4 is 10.6 Å². The van der Waals surface area contributed by atoms with Gasteiger partial charge in [0, 0.05) is 15.8 Å². The van der Waals surface area contributed by atoms with Crippen molar-refractivity contribution in [2.24, 2.45) is 0 Å². The number of pyridine rings is 1. The Hall–Kier alpha value is -3.41. The van der Waals surface area contributed by atoms with Gasteiger partial charge in [0.25, 0.3) is 17.6 Å². The highest BCUT2D eigenvalue weighted by molar-refractivity contribution is 14.1. The van der Waals surface area contributed by atoms with E-state index in [4.69, 9.17) is 0 Å². The zero-order chi connectivity index (χ0) is 27.9. The van der Waals surface area contributed by atoms with Crippen LogP contribution in [0.25, 0.3) is 5.82 Å². The monoisotopic (exact) mass is 715 g/mol. The molecule has 2 amide bonds. The molecule has 0 bridgehead atoms. The molecule has 0 aliphatic heterocycles. The van der Waals surface area contributed by atoms with E-state index in [0.717, 1.165) is 16.4 Å². The number of carbonyl (C=O) groups excluding carboxylic acids is 2. The first-order chi connectivity index (χ1) is 18.5. The van der Waals surface area contributed by atoms with Gasteiger partial charge in [-0.15, -0.1) is 5.10 Å². The molecule has 1 saturated carbocycles. The Kier molecular flexibility index (Phi) is 7.41. The van der Waals surface area contributed by atoms with Gasteiger partial charge in [0.2, 0.25) is 0 Å². The van der Waals surface area contributed by atoms with Crippen LogP contribution in [0.15, 0.2) is 41.0 Å². The van der Waals surface area contributed by atoms with E-state index in [0.29, 0.717) is 26.0 Å². The number of anilines is 1. The third kappa shape index (κ3) is 5.95. The molecule has 1 fully saturated rings. The van der Waals surface area contributed by atoms with Crippen molar-refractivity contribution < 1.29 is 22.8 Å². The van der Waals surface area contributed by atoms with Crippen LogP contribution in [0.2, 0.25) is 0 Å². The van der Waals surface area contributed by atoms with E-state index < -0.39 is 24.5 Å². The van der Waals surface area contributed by atoms with Crippen LogP contribution in [0.4, 0.5) is 18.9 Å². The molecule has 0 atom stereocenters. The number of tetrazole rings is 1. The van der Waals surface area contributed by atoms with Crippen LogP contribution in [-0.4, -0.2) is 52.8 Å². The van der Waals surface area contributed by atoms with Gasteiger partial charge in [-0.1, -0.05) is 0 Å².